The summed E-state index contributed by atoms with van der Waals surface area (Å²) in [5, 5.41) is 3.19. The van der Waals surface area contributed by atoms with Gasteiger partial charge >= 0.3 is 0 Å². The van der Waals surface area contributed by atoms with Crippen LogP contribution in [0.5, 0.6) is 0 Å². The number of carbonyl (C=O) groups is 2. The molecule has 0 aromatic carbocycles. The molecular formula is C14H20N4O2. The molecule has 1 saturated heterocycles. The summed E-state index contributed by atoms with van der Waals surface area (Å²) in [6.07, 6.45) is 2.79. The molecule has 1 fully saturated rings. The van der Waals surface area contributed by atoms with E-state index in [9.17, 15) is 9.59 Å². The fraction of sp³-hybridized carbons (Fsp3) is 0.500. The van der Waals surface area contributed by atoms with Crippen LogP contribution >= 0.6 is 0 Å². The van der Waals surface area contributed by atoms with E-state index in [1.54, 1.807) is 18.1 Å². The Hall–Kier alpha value is -2.11. The highest BCUT2D eigenvalue weighted by atomic mass is 16.2. The maximum atomic E-state index is 11.9. The van der Waals surface area contributed by atoms with Crippen molar-refractivity contribution in [3.05, 3.63) is 23.9 Å². The molecule has 20 heavy (non-hydrogen) atoms. The first-order valence-corrected chi connectivity index (χ1v) is 6.80. The number of piperazine rings is 1. The molecule has 0 atom stereocenters. The van der Waals surface area contributed by atoms with Gasteiger partial charge in [0, 0.05) is 26.3 Å². The Balaban J connectivity index is 1.96. The summed E-state index contributed by atoms with van der Waals surface area (Å²) in [5.41, 5.74) is 0.928. The Labute approximate surface area is 118 Å². The van der Waals surface area contributed by atoms with Crippen molar-refractivity contribution in [2.75, 3.05) is 32.0 Å². The van der Waals surface area contributed by atoms with Gasteiger partial charge in [-0.1, -0.05) is 13.0 Å². The molecule has 1 N–H and O–H groups in total. The van der Waals surface area contributed by atoms with Crippen LogP contribution in [0.25, 0.3) is 0 Å². The Kier molecular flexibility index (Phi) is 4.55. The minimum absolute atomic E-state index is 0.0275. The van der Waals surface area contributed by atoms with Gasteiger partial charge in [0.05, 0.1) is 6.54 Å². The summed E-state index contributed by atoms with van der Waals surface area (Å²) in [4.78, 5) is 30.8. The quantitative estimate of drug-likeness (QED) is 0.860. The van der Waals surface area contributed by atoms with Crippen LogP contribution in [-0.4, -0.2) is 53.3 Å². The van der Waals surface area contributed by atoms with Gasteiger partial charge in [0.15, 0.2) is 0 Å². The average molecular weight is 276 g/mol. The molecule has 2 rings (SSSR count). The number of pyridine rings is 1. The lowest BCUT2D eigenvalue weighted by Crippen LogP contribution is -2.51. The van der Waals surface area contributed by atoms with Crippen molar-refractivity contribution in [3.8, 4) is 0 Å². The van der Waals surface area contributed by atoms with Gasteiger partial charge in [-0.05, 0) is 18.1 Å². The third-order valence-electron chi connectivity index (χ3n) is 3.23. The van der Waals surface area contributed by atoms with Crippen LogP contribution < -0.4 is 5.32 Å². The van der Waals surface area contributed by atoms with Gasteiger partial charge in [-0.25, -0.2) is 4.98 Å². The first kappa shape index (κ1) is 14.3. The summed E-state index contributed by atoms with van der Waals surface area (Å²) < 4.78 is 0. The van der Waals surface area contributed by atoms with Crippen molar-refractivity contribution < 1.29 is 9.59 Å². The lowest BCUT2D eigenvalue weighted by molar-refractivity contribution is -0.149. The predicted octanol–water partition coefficient (Wildman–Crippen LogP) is 0.704. The van der Waals surface area contributed by atoms with Gasteiger partial charge in [-0.15, -0.1) is 0 Å². The van der Waals surface area contributed by atoms with E-state index in [2.05, 4.69) is 17.2 Å². The van der Waals surface area contributed by atoms with Crippen LogP contribution in [0.2, 0.25) is 0 Å². The van der Waals surface area contributed by atoms with E-state index >= 15 is 0 Å². The number of hydrogen-bond acceptors (Lipinski definition) is 4. The van der Waals surface area contributed by atoms with Crippen molar-refractivity contribution in [2.45, 2.75) is 19.9 Å². The van der Waals surface area contributed by atoms with E-state index in [1.165, 1.54) is 4.90 Å². The van der Waals surface area contributed by atoms with E-state index in [1.807, 2.05) is 12.1 Å². The van der Waals surface area contributed by atoms with Gasteiger partial charge < -0.3 is 15.1 Å². The monoisotopic (exact) mass is 276 g/mol. The number of amides is 2. The molecule has 0 bridgehead atoms. The molecule has 1 aromatic heterocycles. The van der Waals surface area contributed by atoms with Crippen LogP contribution in [0.3, 0.4) is 0 Å². The average Bonchev–Trinajstić information content (AvgIpc) is 2.44. The van der Waals surface area contributed by atoms with Gasteiger partial charge in [0.25, 0.3) is 0 Å². The minimum Gasteiger partial charge on any atom is -0.370 e. The second-order valence-electron chi connectivity index (χ2n) is 4.98. The predicted molar refractivity (Wildman–Crippen MR) is 76.1 cm³/mol. The van der Waals surface area contributed by atoms with Crippen molar-refractivity contribution in [1.82, 2.24) is 14.8 Å². The van der Waals surface area contributed by atoms with Crippen LogP contribution in [0.4, 0.5) is 5.82 Å². The maximum Gasteiger partial charge on any atom is 0.242 e. The highest BCUT2D eigenvalue weighted by molar-refractivity contribution is 5.92. The van der Waals surface area contributed by atoms with Crippen molar-refractivity contribution in [3.63, 3.8) is 0 Å². The SMILES string of the molecule is CCCNc1ccc(CN2CC(=O)N(C)CC2=O)cn1. The van der Waals surface area contributed by atoms with Crippen molar-refractivity contribution in [1.29, 1.82) is 0 Å². The number of nitrogens with one attached hydrogen (secondary N) is 1. The van der Waals surface area contributed by atoms with Crippen LogP contribution in [0.15, 0.2) is 18.3 Å². The number of nitrogens with zero attached hydrogens (tertiary/aromatic N) is 3. The zero-order valence-corrected chi connectivity index (χ0v) is 11.9. The van der Waals surface area contributed by atoms with E-state index in [4.69, 9.17) is 0 Å². The third-order valence-corrected chi connectivity index (χ3v) is 3.23. The van der Waals surface area contributed by atoms with E-state index in [-0.39, 0.29) is 24.9 Å². The Bertz CT molecular complexity index is 486. The number of rotatable bonds is 5. The Morgan fingerprint density at radius 1 is 1.25 bits per heavy atom. The molecule has 0 radical (unpaired) electrons. The minimum atomic E-state index is -0.0289. The fourth-order valence-electron chi connectivity index (χ4n) is 2.00. The smallest absolute Gasteiger partial charge is 0.242 e. The summed E-state index contributed by atoms with van der Waals surface area (Å²) in [6.45, 7) is 3.71. The molecule has 1 aromatic rings. The zero-order valence-electron chi connectivity index (χ0n) is 11.9. The first-order chi connectivity index (χ1) is 9.60. The molecule has 2 heterocycles. The molecule has 1 aliphatic heterocycles. The van der Waals surface area contributed by atoms with Gasteiger partial charge in [-0.2, -0.15) is 0 Å². The normalized spacial score (nSPS) is 15.7. The summed E-state index contributed by atoms with van der Waals surface area (Å²) in [7, 11) is 1.65. The molecule has 0 unspecified atom stereocenters. The third kappa shape index (κ3) is 3.46. The summed E-state index contributed by atoms with van der Waals surface area (Å²) >= 11 is 0. The van der Waals surface area contributed by atoms with Gasteiger partial charge in [0.2, 0.25) is 11.8 Å². The number of anilines is 1. The number of hydrogen-bond donors (Lipinski definition) is 1. The maximum absolute atomic E-state index is 11.9. The molecule has 0 spiro atoms. The molecule has 6 nitrogen and oxygen atoms in total. The lowest BCUT2D eigenvalue weighted by atomic mass is 10.2. The fourth-order valence-corrected chi connectivity index (χ4v) is 2.00. The highest BCUT2D eigenvalue weighted by Gasteiger charge is 2.27. The summed E-state index contributed by atoms with van der Waals surface area (Å²) in [5.74, 6) is 0.774. The number of carbonyl (C=O) groups excluding carboxylic acids is 2. The topological polar surface area (TPSA) is 65.5 Å². The molecule has 0 saturated carbocycles. The number of aromatic nitrogens is 1. The molecule has 6 heteroatoms. The lowest BCUT2D eigenvalue weighted by Gasteiger charge is -2.31. The van der Waals surface area contributed by atoms with Crippen molar-refractivity contribution >= 4 is 17.6 Å². The first-order valence-electron chi connectivity index (χ1n) is 6.80. The molecule has 108 valence electrons. The van der Waals surface area contributed by atoms with Crippen molar-refractivity contribution in [2.24, 2.45) is 0 Å². The molecular weight excluding hydrogens is 256 g/mol. The Morgan fingerprint density at radius 3 is 2.70 bits per heavy atom. The summed E-state index contributed by atoms with van der Waals surface area (Å²) in [6, 6.07) is 3.83. The van der Waals surface area contributed by atoms with Gasteiger partial charge in [0.1, 0.15) is 12.4 Å². The van der Waals surface area contributed by atoms with Crippen LogP contribution in [-0.2, 0) is 16.1 Å². The molecule has 0 aliphatic carbocycles. The highest BCUT2D eigenvalue weighted by Crippen LogP contribution is 2.11. The van der Waals surface area contributed by atoms with Gasteiger partial charge in [-0.3, -0.25) is 9.59 Å². The Morgan fingerprint density at radius 2 is 2.05 bits per heavy atom. The van der Waals surface area contributed by atoms with Crippen LogP contribution in [0, 0.1) is 0 Å². The van der Waals surface area contributed by atoms with E-state index in [0.29, 0.717) is 6.54 Å². The molecule has 2 amide bonds. The van der Waals surface area contributed by atoms with E-state index < -0.39 is 0 Å². The molecule has 1 aliphatic rings. The number of likely N-dealkylation sites (N-methyl/N-ethyl adjacent to an activating group) is 1. The second kappa shape index (κ2) is 6.36. The standard InChI is InChI=1S/C14H20N4O2/c1-3-6-15-12-5-4-11(7-16-12)8-18-10-13(19)17(2)9-14(18)20/h4-5,7H,3,6,8-10H2,1-2H3,(H,15,16). The zero-order chi connectivity index (χ0) is 14.5. The second-order valence-corrected chi connectivity index (χ2v) is 4.98. The van der Waals surface area contributed by atoms with Crippen LogP contribution in [0.1, 0.15) is 18.9 Å². The largest absolute Gasteiger partial charge is 0.370 e. The van der Waals surface area contributed by atoms with E-state index in [0.717, 1.165) is 24.3 Å².